The molecule has 5 nitrogen and oxygen atoms in total. The summed E-state index contributed by atoms with van der Waals surface area (Å²) in [5.74, 6) is 0.340. The fraction of sp³-hybridized carbons (Fsp3) is 0.143. The van der Waals surface area contributed by atoms with Crippen molar-refractivity contribution < 1.29 is 4.79 Å². The van der Waals surface area contributed by atoms with Gasteiger partial charge in [-0.25, -0.2) is 15.0 Å². The summed E-state index contributed by atoms with van der Waals surface area (Å²) in [5, 5.41) is 6.72. The fourth-order valence-electron chi connectivity index (χ4n) is 1.76. The monoisotopic (exact) mass is 350 g/mol. The van der Waals surface area contributed by atoms with Gasteiger partial charge < -0.3 is 5.32 Å². The van der Waals surface area contributed by atoms with Gasteiger partial charge in [0.25, 0.3) is 0 Å². The molecule has 1 atom stereocenters. The van der Waals surface area contributed by atoms with Gasteiger partial charge in [0, 0.05) is 11.6 Å². The Kier molecular flexibility index (Phi) is 4.56. The molecule has 112 valence electrons. The van der Waals surface area contributed by atoms with Gasteiger partial charge >= 0.3 is 0 Å². The summed E-state index contributed by atoms with van der Waals surface area (Å²) < 4.78 is 0. The van der Waals surface area contributed by atoms with Gasteiger partial charge in [0.2, 0.25) is 5.91 Å². The molecule has 0 bridgehead atoms. The van der Waals surface area contributed by atoms with Crippen LogP contribution in [0.2, 0.25) is 5.02 Å². The number of amides is 1. The van der Waals surface area contributed by atoms with Crippen molar-refractivity contribution in [2.24, 2.45) is 0 Å². The Labute approximate surface area is 140 Å². The molecule has 0 aliphatic heterocycles. The number of nitrogens with one attached hydrogen (secondary N) is 1. The van der Waals surface area contributed by atoms with Gasteiger partial charge in [-0.05, 0) is 30.5 Å². The lowest BCUT2D eigenvalue weighted by Gasteiger charge is -2.11. The second-order valence-electron chi connectivity index (χ2n) is 4.43. The van der Waals surface area contributed by atoms with Crippen molar-refractivity contribution in [3.8, 4) is 0 Å². The summed E-state index contributed by atoms with van der Waals surface area (Å²) in [7, 11) is 0. The number of carbonyl (C=O) groups excluding carboxylic acids is 1. The largest absolute Gasteiger partial charge is 0.310 e. The minimum atomic E-state index is -0.310. The van der Waals surface area contributed by atoms with Crippen LogP contribution in [0.15, 0.2) is 41.1 Å². The molecular formula is C14H11ClN4OS2. The highest BCUT2D eigenvalue weighted by Gasteiger charge is 2.17. The molecule has 1 N–H and O–H groups in total. The van der Waals surface area contributed by atoms with Crippen LogP contribution in [0.4, 0.5) is 5.82 Å². The number of hydrogen-bond acceptors (Lipinski definition) is 6. The second-order valence-corrected chi connectivity index (χ2v) is 7.09. The molecule has 0 saturated carbocycles. The van der Waals surface area contributed by atoms with Gasteiger partial charge in [0.1, 0.15) is 22.0 Å². The van der Waals surface area contributed by atoms with Crippen LogP contribution in [0.3, 0.4) is 0 Å². The molecule has 8 heteroatoms. The van der Waals surface area contributed by atoms with Gasteiger partial charge in [0.05, 0.1) is 10.3 Å². The molecule has 0 fully saturated rings. The van der Waals surface area contributed by atoms with Crippen LogP contribution >= 0.6 is 34.7 Å². The summed E-state index contributed by atoms with van der Waals surface area (Å²) in [6.45, 7) is 1.83. The van der Waals surface area contributed by atoms with E-state index in [1.165, 1.54) is 24.3 Å². The molecule has 3 aromatic rings. The van der Waals surface area contributed by atoms with Gasteiger partial charge in [-0.3, -0.25) is 4.79 Å². The van der Waals surface area contributed by atoms with Crippen LogP contribution in [0.1, 0.15) is 6.92 Å². The predicted molar refractivity (Wildman–Crippen MR) is 90.6 cm³/mol. The van der Waals surface area contributed by atoms with Gasteiger partial charge in [-0.1, -0.05) is 23.4 Å². The van der Waals surface area contributed by atoms with Crippen molar-refractivity contribution in [3.63, 3.8) is 0 Å². The van der Waals surface area contributed by atoms with Crippen LogP contribution in [0, 0.1) is 0 Å². The minimum Gasteiger partial charge on any atom is -0.310 e. The summed E-state index contributed by atoms with van der Waals surface area (Å²) in [5.41, 5.74) is 0. The number of thioether (sulfide) groups is 1. The highest BCUT2D eigenvalue weighted by Crippen LogP contribution is 2.30. The van der Waals surface area contributed by atoms with Crippen LogP contribution in [0.25, 0.3) is 10.2 Å². The highest BCUT2D eigenvalue weighted by atomic mass is 35.5. The number of nitrogens with zero attached hydrogens (tertiary/aromatic N) is 3. The van der Waals surface area contributed by atoms with E-state index in [4.69, 9.17) is 11.6 Å². The molecule has 0 saturated heterocycles. The lowest BCUT2D eigenvalue weighted by molar-refractivity contribution is -0.115. The van der Waals surface area contributed by atoms with Crippen molar-refractivity contribution in [2.45, 2.75) is 17.2 Å². The zero-order valence-electron chi connectivity index (χ0n) is 11.5. The molecule has 3 aromatic heterocycles. The quantitative estimate of drug-likeness (QED) is 0.571. The number of fused-ring (bicyclic) bond motifs is 1. The SMILES string of the molecule is C[C@@H](Sc1ncnc2sccc12)C(=O)Nc1ccc(Cl)cn1. The first-order chi connectivity index (χ1) is 10.6. The first-order valence-electron chi connectivity index (χ1n) is 6.41. The van der Waals surface area contributed by atoms with Gasteiger partial charge in [0.15, 0.2) is 0 Å². The summed E-state index contributed by atoms with van der Waals surface area (Å²) in [6, 6.07) is 5.31. The maximum absolute atomic E-state index is 12.2. The third-order valence-electron chi connectivity index (χ3n) is 2.86. The van der Waals surface area contributed by atoms with E-state index in [0.717, 1.165) is 15.2 Å². The smallest absolute Gasteiger partial charge is 0.238 e. The molecule has 0 aliphatic carbocycles. The van der Waals surface area contributed by atoms with Crippen molar-refractivity contribution >= 4 is 56.6 Å². The zero-order valence-corrected chi connectivity index (χ0v) is 13.9. The Morgan fingerprint density at radius 3 is 2.95 bits per heavy atom. The third kappa shape index (κ3) is 3.37. The van der Waals surface area contributed by atoms with E-state index < -0.39 is 0 Å². The molecule has 1 amide bonds. The van der Waals surface area contributed by atoms with Crippen molar-refractivity contribution in [1.29, 1.82) is 0 Å². The van der Waals surface area contributed by atoms with Crippen LogP contribution in [-0.2, 0) is 4.79 Å². The van der Waals surface area contributed by atoms with Crippen LogP contribution in [0.5, 0.6) is 0 Å². The molecule has 22 heavy (non-hydrogen) atoms. The molecule has 0 spiro atoms. The van der Waals surface area contributed by atoms with E-state index in [2.05, 4.69) is 20.3 Å². The normalized spacial score (nSPS) is 12.3. The van der Waals surface area contributed by atoms with Gasteiger partial charge in [-0.15, -0.1) is 11.3 Å². The zero-order chi connectivity index (χ0) is 15.5. The first-order valence-corrected chi connectivity index (χ1v) is 8.54. The standard InChI is InChI=1S/C14H11ClN4OS2/c1-8(12(20)19-11-3-2-9(15)6-16-11)22-14-10-4-5-21-13(10)17-7-18-14/h2-8H,1H3,(H,16,19,20)/t8-/m1/s1. The fourth-order valence-corrected chi connectivity index (χ4v) is 3.57. The lowest BCUT2D eigenvalue weighted by atomic mass is 10.4. The summed E-state index contributed by atoms with van der Waals surface area (Å²) in [4.78, 5) is 25.7. The molecule has 0 aromatic carbocycles. The molecule has 3 heterocycles. The van der Waals surface area contributed by atoms with E-state index in [9.17, 15) is 4.79 Å². The lowest BCUT2D eigenvalue weighted by Crippen LogP contribution is -2.23. The average molecular weight is 351 g/mol. The first kappa shape index (κ1) is 15.2. The average Bonchev–Trinajstić information content (AvgIpc) is 2.99. The Balaban J connectivity index is 1.71. The highest BCUT2D eigenvalue weighted by molar-refractivity contribution is 8.00. The molecule has 3 rings (SSSR count). The third-order valence-corrected chi connectivity index (χ3v) is 5.02. The molecular weight excluding hydrogens is 340 g/mol. The number of hydrogen-bond donors (Lipinski definition) is 1. The Morgan fingerprint density at radius 1 is 1.32 bits per heavy atom. The summed E-state index contributed by atoms with van der Waals surface area (Å²) in [6.07, 6.45) is 3.01. The van der Waals surface area contributed by atoms with Crippen molar-refractivity contribution in [1.82, 2.24) is 15.0 Å². The van der Waals surface area contributed by atoms with E-state index in [1.807, 2.05) is 18.4 Å². The number of halogens is 1. The number of thiophene rings is 1. The second kappa shape index (κ2) is 6.60. The Bertz CT molecular complexity index is 806. The molecule has 0 unspecified atom stereocenters. The minimum absolute atomic E-state index is 0.137. The Hall–Kier alpha value is -1.70. The van der Waals surface area contributed by atoms with E-state index in [0.29, 0.717) is 10.8 Å². The van der Waals surface area contributed by atoms with Crippen LogP contribution < -0.4 is 5.32 Å². The van der Waals surface area contributed by atoms with E-state index >= 15 is 0 Å². The maximum atomic E-state index is 12.2. The topological polar surface area (TPSA) is 67.8 Å². The van der Waals surface area contributed by atoms with Crippen molar-refractivity contribution in [2.75, 3.05) is 5.32 Å². The number of pyridine rings is 1. The Morgan fingerprint density at radius 2 is 2.18 bits per heavy atom. The molecule has 0 aliphatic rings. The van der Waals surface area contributed by atoms with Crippen LogP contribution in [-0.4, -0.2) is 26.1 Å². The van der Waals surface area contributed by atoms with Gasteiger partial charge in [-0.2, -0.15) is 0 Å². The van der Waals surface area contributed by atoms with E-state index in [-0.39, 0.29) is 11.2 Å². The summed E-state index contributed by atoms with van der Waals surface area (Å²) >= 11 is 8.72. The number of rotatable bonds is 4. The number of aromatic nitrogens is 3. The van der Waals surface area contributed by atoms with Crippen molar-refractivity contribution in [3.05, 3.63) is 41.1 Å². The van der Waals surface area contributed by atoms with E-state index in [1.54, 1.807) is 23.5 Å². The maximum Gasteiger partial charge on any atom is 0.238 e. The number of anilines is 1. The predicted octanol–water partition coefficient (Wildman–Crippen LogP) is 3.86. The molecule has 0 radical (unpaired) electrons. The number of carbonyl (C=O) groups is 1.